The van der Waals surface area contributed by atoms with Gasteiger partial charge in [-0.1, -0.05) is 20.8 Å². The van der Waals surface area contributed by atoms with Crippen molar-refractivity contribution in [2.45, 2.75) is 27.7 Å². The van der Waals surface area contributed by atoms with Crippen LogP contribution in [0, 0.1) is 5.41 Å². The van der Waals surface area contributed by atoms with Gasteiger partial charge in [-0.15, -0.1) is 0 Å². The molecule has 2 N–H and O–H groups in total. The summed E-state index contributed by atoms with van der Waals surface area (Å²) < 4.78 is 5.13. The lowest BCUT2D eigenvalue weighted by atomic mass is 9.95. The first-order valence-corrected chi connectivity index (χ1v) is 4.36. The SMILES string of the molecule is CCOCCN=C(N)C(C)(C)C. The normalized spacial score (nSPS) is 13.5. The van der Waals surface area contributed by atoms with Gasteiger partial charge in [-0.05, 0) is 6.92 Å². The topological polar surface area (TPSA) is 47.6 Å². The maximum atomic E-state index is 5.73. The van der Waals surface area contributed by atoms with Crippen LogP contribution in [0.2, 0.25) is 0 Å². The van der Waals surface area contributed by atoms with Crippen molar-refractivity contribution < 1.29 is 4.74 Å². The molecule has 12 heavy (non-hydrogen) atoms. The van der Waals surface area contributed by atoms with Gasteiger partial charge in [-0.2, -0.15) is 0 Å². The molecule has 0 radical (unpaired) electrons. The second-order valence-electron chi connectivity index (χ2n) is 3.71. The van der Waals surface area contributed by atoms with Crippen molar-refractivity contribution in [2.75, 3.05) is 19.8 Å². The van der Waals surface area contributed by atoms with Gasteiger partial charge < -0.3 is 10.5 Å². The van der Waals surface area contributed by atoms with Gasteiger partial charge in [-0.25, -0.2) is 0 Å². The zero-order valence-corrected chi connectivity index (χ0v) is 8.55. The highest BCUT2D eigenvalue weighted by Crippen LogP contribution is 2.12. The summed E-state index contributed by atoms with van der Waals surface area (Å²) in [6.07, 6.45) is 0. The molecule has 3 heteroatoms. The molecular weight excluding hydrogens is 152 g/mol. The van der Waals surface area contributed by atoms with Crippen LogP contribution in [0.3, 0.4) is 0 Å². The summed E-state index contributed by atoms with van der Waals surface area (Å²) in [6.45, 7) is 10.2. The Balaban J connectivity index is 3.70. The minimum Gasteiger partial charge on any atom is -0.387 e. The van der Waals surface area contributed by atoms with Gasteiger partial charge in [0.25, 0.3) is 0 Å². The van der Waals surface area contributed by atoms with Gasteiger partial charge in [0.2, 0.25) is 0 Å². The molecule has 0 heterocycles. The minimum atomic E-state index is -0.0216. The fraction of sp³-hybridized carbons (Fsp3) is 0.889. The summed E-state index contributed by atoms with van der Waals surface area (Å²) in [6, 6.07) is 0. The third-order valence-electron chi connectivity index (χ3n) is 1.49. The number of ether oxygens (including phenoxy) is 1. The molecule has 0 unspecified atom stereocenters. The number of rotatable bonds is 4. The summed E-state index contributed by atoms with van der Waals surface area (Å²) in [7, 11) is 0. The molecule has 0 aliphatic heterocycles. The van der Waals surface area contributed by atoms with Crippen LogP contribution < -0.4 is 5.73 Å². The first-order chi connectivity index (χ1) is 5.48. The van der Waals surface area contributed by atoms with Crippen LogP contribution in [-0.2, 0) is 4.74 Å². The quantitative estimate of drug-likeness (QED) is 0.396. The van der Waals surface area contributed by atoms with Gasteiger partial charge in [0, 0.05) is 12.0 Å². The van der Waals surface area contributed by atoms with Gasteiger partial charge in [0.05, 0.1) is 19.0 Å². The van der Waals surface area contributed by atoms with Crippen LogP contribution in [0.25, 0.3) is 0 Å². The molecule has 0 aromatic rings. The smallest absolute Gasteiger partial charge is 0.0992 e. The second-order valence-corrected chi connectivity index (χ2v) is 3.71. The number of hydrogen-bond acceptors (Lipinski definition) is 2. The standard InChI is InChI=1S/C9H20N2O/c1-5-12-7-6-11-8(10)9(2,3)4/h5-7H2,1-4H3,(H2,10,11). The Morgan fingerprint density at radius 2 is 2.00 bits per heavy atom. The monoisotopic (exact) mass is 172 g/mol. The van der Waals surface area contributed by atoms with Crippen molar-refractivity contribution in [3.05, 3.63) is 0 Å². The molecule has 0 saturated heterocycles. The molecule has 3 nitrogen and oxygen atoms in total. The first kappa shape index (κ1) is 11.4. The van der Waals surface area contributed by atoms with E-state index in [1.54, 1.807) is 0 Å². The van der Waals surface area contributed by atoms with Crippen molar-refractivity contribution in [2.24, 2.45) is 16.1 Å². The van der Waals surface area contributed by atoms with Crippen molar-refractivity contribution in [3.8, 4) is 0 Å². The zero-order valence-electron chi connectivity index (χ0n) is 8.55. The van der Waals surface area contributed by atoms with E-state index in [1.807, 2.05) is 27.7 Å². The fourth-order valence-corrected chi connectivity index (χ4v) is 0.612. The maximum Gasteiger partial charge on any atom is 0.0992 e. The molecule has 0 spiro atoms. The van der Waals surface area contributed by atoms with Crippen LogP contribution in [0.15, 0.2) is 4.99 Å². The largest absolute Gasteiger partial charge is 0.387 e. The minimum absolute atomic E-state index is 0.0216. The van der Waals surface area contributed by atoms with Crippen LogP contribution in [0.4, 0.5) is 0 Å². The van der Waals surface area contributed by atoms with E-state index < -0.39 is 0 Å². The zero-order chi connectivity index (χ0) is 9.61. The van der Waals surface area contributed by atoms with Crippen LogP contribution in [0.5, 0.6) is 0 Å². The molecule has 0 aliphatic rings. The molecule has 0 saturated carbocycles. The Morgan fingerprint density at radius 1 is 1.42 bits per heavy atom. The van der Waals surface area contributed by atoms with Crippen molar-refractivity contribution in [1.29, 1.82) is 0 Å². The highest BCUT2D eigenvalue weighted by atomic mass is 16.5. The van der Waals surface area contributed by atoms with E-state index in [9.17, 15) is 0 Å². The Morgan fingerprint density at radius 3 is 2.42 bits per heavy atom. The summed E-state index contributed by atoms with van der Waals surface area (Å²) in [5, 5.41) is 0. The molecule has 0 fully saturated rings. The van der Waals surface area contributed by atoms with E-state index in [0.29, 0.717) is 19.0 Å². The highest BCUT2D eigenvalue weighted by molar-refractivity contribution is 5.85. The third kappa shape index (κ3) is 5.13. The predicted octanol–water partition coefficient (Wildman–Crippen LogP) is 1.43. The number of nitrogens with zero attached hydrogens (tertiary/aromatic N) is 1. The molecule has 0 aromatic heterocycles. The van der Waals surface area contributed by atoms with Gasteiger partial charge in [0.15, 0.2) is 0 Å². The molecule has 0 aromatic carbocycles. The van der Waals surface area contributed by atoms with Gasteiger partial charge in [-0.3, -0.25) is 4.99 Å². The van der Waals surface area contributed by atoms with Gasteiger partial charge in [0.1, 0.15) is 0 Å². The third-order valence-corrected chi connectivity index (χ3v) is 1.49. The Bertz CT molecular complexity index is 147. The summed E-state index contributed by atoms with van der Waals surface area (Å²) in [5.41, 5.74) is 5.71. The van der Waals surface area contributed by atoms with E-state index in [1.165, 1.54) is 0 Å². The molecule has 0 bridgehead atoms. The summed E-state index contributed by atoms with van der Waals surface area (Å²) in [4.78, 5) is 4.20. The Hall–Kier alpha value is -0.570. The second kappa shape index (κ2) is 5.14. The molecular formula is C9H20N2O. The van der Waals surface area contributed by atoms with Crippen LogP contribution in [0.1, 0.15) is 27.7 Å². The average Bonchev–Trinajstić information content (AvgIpc) is 1.96. The number of amidine groups is 1. The Labute approximate surface area is 75.0 Å². The number of hydrogen-bond donors (Lipinski definition) is 1. The highest BCUT2D eigenvalue weighted by Gasteiger charge is 2.14. The summed E-state index contributed by atoms with van der Waals surface area (Å²) in [5.74, 6) is 0.696. The molecule has 0 aliphatic carbocycles. The van der Waals surface area contributed by atoms with Crippen molar-refractivity contribution >= 4 is 5.84 Å². The fourth-order valence-electron chi connectivity index (χ4n) is 0.612. The number of aliphatic imine (C=N–C) groups is 1. The number of nitrogens with two attached hydrogens (primary N) is 1. The molecule has 72 valence electrons. The van der Waals surface area contributed by atoms with Crippen LogP contribution in [-0.4, -0.2) is 25.6 Å². The average molecular weight is 172 g/mol. The van der Waals surface area contributed by atoms with E-state index in [0.717, 1.165) is 6.61 Å². The lowest BCUT2D eigenvalue weighted by Crippen LogP contribution is -2.29. The lowest BCUT2D eigenvalue weighted by Gasteiger charge is -2.17. The van der Waals surface area contributed by atoms with Crippen molar-refractivity contribution in [1.82, 2.24) is 0 Å². The Kier molecular flexibility index (Phi) is 4.90. The lowest BCUT2D eigenvalue weighted by molar-refractivity contribution is 0.155. The maximum absolute atomic E-state index is 5.73. The van der Waals surface area contributed by atoms with E-state index in [-0.39, 0.29) is 5.41 Å². The van der Waals surface area contributed by atoms with E-state index in [2.05, 4.69) is 4.99 Å². The molecule has 0 atom stereocenters. The van der Waals surface area contributed by atoms with E-state index >= 15 is 0 Å². The summed E-state index contributed by atoms with van der Waals surface area (Å²) >= 11 is 0. The van der Waals surface area contributed by atoms with E-state index in [4.69, 9.17) is 10.5 Å². The van der Waals surface area contributed by atoms with Gasteiger partial charge >= 0.3 is 0 Å². The first-order valence-electron chi connectivity index (χ1n) is 4.36. The molecule has 0 rings (SSSR count). The van der Waals surface area contributed by atoms with Crippen LogP contribution >= 0.6 is 0 Å². The van der Waals surface area contributed by atoms with Crippen molar-refractivity contribution in [3.63, 3.8) is 0 Å². The molecule has 0 amide bonds. The predicted molar refractivity (Wildman–Crippen MR) is 52.4 cm³/mol.